The molecule has 23 heavy (non-hydrogen) atoms. The van der Waals surface area contributed by atoms with Crippen molar-refractivity contribution in [1.29, 1.82) is 0 Å². The van der Waals surface area contributed by atoms with Gasteiger partial charge in [-0.25, -0.2) is 0 Å². The Balaban J connectivity index is 2.13. The second kappa shape index (κ2) is 8.80. The highest BCUT2D eigenvalue weighted by Gasteiger charge is 2.42. The van der Waals surface area contributed by atoms with E-state index in [4.69, 9.17) is 18.0 Å². The molecule has 0 spiro atoms. The van der Waals surface area contributed by atoms with E-state index < -0.39 is 8.80 Å². The summed E-state index contributed by atoms with van der Waals surface area (Å²) in [5.74, 6) is 0. The van der Waals surface area contributed by atoms with Crippen molar-refractivity contribution < 1.29 is 18.0 Å². The first-order valence-corrected chi connectivity index (χ1v) is 10.2. The van der Waals surface area contributed by atoms with Gasteiger partial charge in [0.25, 0.3) is 0 Å². The van der Waals surface area contributed by atoms with E-state index >= 15 is 0 Å². The highest BCUT2D eigenvalue weighted by molar-refractivity contribution is 6.60. The predicted octanol–water partition coefficient (Wildman–Crippen LogP) is 2.94. The van der Waals surface area contributed by atoms with Gasteiger partial charge in [-0.1, -0.05) is 18.2 Å². The molecule has 1 aromatic rings. The van der Waals surface area contributed by atoms with Crippen LogP contribution in [0.4, 0.5) is 5.69 Å². The normalized spacial score (nSPS) is 21.7. The van der Waals surface area contributed by atoms with Crippen molar-refractivity contribution >= 4 is 14.5 Å². The van der Waals surface area contributed by atoms with Gasteiger partial charge in [-0.05, 0) is 32.4 Å². The van der Waals surface area contributed by atoms with Gasteiger partial charge in [-0.2, -0.15) is 0 Å². The molecule has 0 saturated carbocycles. The number of hydrogen-bond donors (Lipinski definition) is 0. The summed E-state index contributed by atoms with van der Waals surface area (Å²) in [6.45, 7) is 6.43. The fourth-order valence-electron chi connectivity index (χ4n) is 2.88. The van der Waals surface area contributed by atoms with Crippen LogP contribution in [-0.4, -0.2) is 54.9 Å². The van der Waals surface area contributed by atoms with Crippen LogP contribution in [0.3, 0.4) is 0 Å². The number of nitrogens with zero attached hydrogens (tertiary/aromatic N) is 1. The number of anilines is 1. The van der Waals surface area contributed by atoms with Gasteiger partial charge in [-0.15, -0.1) is 0 Å². The lowest BCUT2D eigenvalue weighted by Gasteiger charge is -2.37. The summed E-state index contributed by atoms with van der Waals surface area (Å²) in [4.78, 5) is 2.33. The average Bonchev–Trinajstić information content (AvgIpc) is 2.55. The minimum absolute atomic E-state index is 0.0653. The first-order chi connectivity index (χ1) is 11.1. The quantitative estimate of drug-likeness (QED) is 0.745. The smallest absolute Gasteiger partial charge is 0.379 e. The summed E-state index contributed by atoms with van der Waals surface area (Å²) in [7, 11) is 0.789. The molecule has 0 amide bonds. The standard InChI is InChI=1S/C17H29NO4Si/c1-15(2)18(16-9-6-5-7-10-16)13-17-14-21-11-8-12-23(19-3,20-4)22-17/h5-7,9-10,15,17H,8,11-14H2,1-4H3. The van der Waals surface area contributed by atoms with E-state index in [2.05, 4.69) is 43.0 Å². The van der Waals surface area contributed by atoms with Gasteiger partial charge in [-0.3, -0.25) is 0 Å². The molecule has 1 aliphatic rings. The van der Waals surface area contributed by atoms with Crippen LogP contribution >= 0.6 is 0 Å². The Morgan fingerprint density at radius 1 is 1.22 bits per heavy atom. The van der Waals surface area contributed by atoms with Gasteiger partial charge < -0.3 is 22.9 Å². The molecule has 1 saturated heterocycles. The van der Waals surface area contributed by atoms with Crippen LogP contribution in [0.5, 0.6) is 0 Å². The van der Waals surface area contributed by atoms with Gasteiger partial charge in [0.05, 0.1) is 12.7 Å². The van der Waals surface area contributed by atoms with E-state index in [9.17, 15) is 0 Å². The average molecular weight is 340 g/mol. The maximum absolute atomic E-state index is 6.31. The van der Waals surface area contributed by atoms with Crippen molar-refractivity contribution in [2.45, 2.75) is 38.5 Å². The lowest BCUT2D eigenvalue weighted by molar-refractivity contribution is -0.0117. The fourth-order valence-corrected chi connectivity index (χ4v) is 4.99. The molecule has 1 fully saturated rings. The number of para-hydroxylation sites is 1. The van der Waals surface area contributed by atoms with Gasteiger partial charge in [0.2, 0.25) is 0 Å². The van der Waals surface area contributed by atoms with Crippen molar-refractivity contribution in [3.8, 4) is 0 Å². The number of rotatable bonds is 6. The SMILES string of the molecule is CO[Si]1(OC)CCCOCC(CN(c2ccccc2)C(C)C)O1. The fraction of sp³-hybridized carbons (Fsp3) is 0.647. The molecule has 1 aliphatic heterocycles. The maximum atomic E-state index is 6.31. The summed E-state index contributed by atoms with van der Waals surface area (Å²) in [6.07, 6.45) is 0.845. The van der Waals surface area contributed by atoms with E-state index in [1.54, 1.807) is 14.2 Å². The van der Waals surface area contributed by atoms with Crippen LogP contribution in [0, 0.1) is 0 Å². The second-order valence-electron chi connectivity index (χ2n) is 6.09. The molecule has 0 aromatic heterocycles. The topological polar surface area (TPSA) is 40.2 Å². The monoisotopic (exact) mass is 339 g/mol. The third-order valence-corrected chi connectivity index (χ3v) is 7.06. The van der Waals surface area contributed by atoms with E-state index in [1.165, 1.54) is 5.69 Å². The zero-order valence-corrected chi connectivity index (χ0v) is 15.7. The molecule has 1 heterocycles. The van der Waals surface area contributed by atoms with Crippen molar-refractivity contribution in [1.82, 2.24) is 0 Å². The molecule has 0 bridgehead atoms. The van der Waals surface area contributed by atoms with E-state index in [0.29, 0.717) is 12.6 Å². The van der Waals surface area contributed by atoms with Crippen LogP contribution in [0.15, 0.2) is 30.3 Å². The van der Waals surface area contributed by atoms with Crippen LogP contribution < -0.4 is 4.90 Å². The number of ether oxygens (including phenoxy) is 1. The summed E-state index contributed by atoms with van der Waals surface area (Å²) in [5.41, 5.74) is 1.19. The Bertz CT molecular complexity index is 453. The van der Waals surface area contributed by atoms with Crippen molar-refractivity contribution in [2.75, 3.05) is 38.9 Å². The van der Waals surface area contributed by atoms with Gasteiger partial charge in [0.1, 0.15) is 0 Å². The lowest BCUT2D eigenvalue weighted by Crippen LogP contribution is -2.52. The number of hydrogen-bond acceptors (Lipinski definition) is 5. The first-order valence-electron chi connectivity index (χ1n) is 8.28. The third-order valence-electron chi connectivity index (χ3n) is 4.16. The van der Waals surface area contributed by atoms with Crippen LogP contribution in [0.2, 0.25) is 6.04 Å². The Kier molecular flexibility index (Phi) is 7.04. The van der Waals surface area contributed by atoms with Crippen molar-refractivity contribution in [3.05, 3.63) is 30.3 Å². The molecule has 130 valence electrons. The molecular weight excluding hydrogens is 310 g/mol. The summed E-state index contributed by atoms with van der Waals surface area (Å²) in [6, 6.07) is 11.6. The second-order valence-corrected chi connectivity index (χ2v) is 9.01. The Morgan fingerprint density at radius 3 is 2.52 bits per heavy atom. The van der Waals surface area contributed by atoms with Crippen LogP contribution in [0.25, 0.3) is 0 Å². The molecular formula is C17H29NO4Si. The maximum Gasteiger partial charge on any atom is 0.500 e. The Labute approximate surface area is 140 Å². The molecule has 6 heteroatoms. The molecule has 5 nitrogen and oxygen atoms in total. The minimum atomic E-state index is -2.59. The molecule has 1 atom stereocenters. The minimum Gasteiger partial charge on any atom is -0.379 e. The lowest BCUT2D eigenvalue weighted by atomic mass is 10.2. The Hall–Kier alpha value is -0.923. The van der Waals surface area contributed by atoms with E-state index in [-0.39, 0.29) is 6.10 Å². The van der Waals surface area contributed by atoms with E-state index in [1.807, 2.05) is 6.07 Å². The zero-order valence-electron chi connectivity index (χ0n) is 14.7. The van der Waals surface area contributed by atoms with E-state index in [0.717, 1.165) is 25.6 Å². The third kappa shape index (κ3) is 5.02. The molecule has 1 aromatic carbocycles. The van der Waals surface area contributed by atoms with Crippen LogP contribution in [0.1, 0.15) is 20.3 Å². The molecule has 1 unspecified atom stereocenters. The molecule has 2 rings (SSSR count). The van der Waals surface area contributed by atoms with Gasteiger partial charge in [0.15, 0.2) is 0 Å². The largest absolute Gasteiger partial charge is 0.500 e. The molecule has 0 N–H and O–H groups in total. The highest BCUT2D eigenvalue weighted by Crippen LogP contribution is 2.23. The summed E-state index contributed by atoms with van der Waals surface area (Å²) >= 11 is 0. The highest BCUT2D eigenvalue weighted by atomic mass is 28.4. The van der Waals surface area contributed by atoms with Crippen molar-refractivity contribution in [3.63, 3.8) is 0 Å². The van der Waals surface area contributed by atoms with Crippen LogP contribution in [-0.2, 0) is 18.0 Å². The van der Waals surface area contributed by atoms with Crippen molar-refractivity contribution in [2.24, 2.45) is 0 Å². The summed E-state index contributed by atoms with van der Waals surface area (Å²) in [5, 5.41) is 0. The Morgan fingerprint density at radius 2 is 1.91 bits per heavy atom. The summed E-state index contributed by atoms with van der Waals surface area (Å²) < 4.78 is 23.4. The van der Waals surface area contributed by atoms with Gasteiger partial charge >= 0.3 is 8.80 Å². The molecule has 0 radical (unpaired) electrons. The van der Waals surface area contributed by atoms with Gasteiger partial charge in [0, 0.05) is 45.1 Å². The predicted molar refractivity (Wildman–Crippen MR) is 93.8 cm³/mol. The molecule has 0 aliphatic carbocycles. The zero-order chi connectivity index (χ0) is 16.7. The first kappa shape index (κ1) is 18.4. The number of benzene rings is 1.